The Morgan fingerprint density at radius 1 is 1.33 bits per heavy atom. The molecular formula is C12H20N2O4. The fourth-order valence-corrected chi connectivity index (χ4v) is 1.26. The van der Waals surface area contributed by atoms with Gasteiger partial charge in [-0.3, -0.25) is 0 Å². The highest BCUT2D eigenvalue weighted by Crippen LogP contribution is 2.10. The number of methoxy groups -OCH3 is 2. The number of hydrogen-bond acceptors (Lipinski definition) is 6. The van der Waals surface area contributed by atoms with Crippen LogP contribution < -0.4 is 10.1 Å². The van der Waals surface area contributed by atoms with Crippen LogP contribution in [0.3, 0.4) is 0 Å². The fraction of sp³-hybridized carbons (Fsp3) is 0.583. The van der Waals surface area contributed by atoms with E-state index in [4.69, 9.17) is 14.2 Å². The Labute approximate surface area is 107 Å². The average Bonchev–Trinajstić information content (AvgIpc) is 2.42. The molecule has 1 rings (SSSR count). The molecule has 102 valence electrons. The quantitative estimate of drug-likeness (QED) is 0.628. The Morgan fingerprint density at radius 2 is 2.17 bits per heavy atom. The Balaban J connectivity index is 2.18. The zero-order valence-electron chi connectivity index (χ0n) is 10.8. The van der Waals surface area contributed by atoms with Gasteiger partial charge in [-0.2, -0.15) is 0 Å². The average molecular weight is 256 g/mol. The molecule has 0 aliphatic rings. The number of nitrogens with zero attached hydrogens (tertiary/aromatic N) is 1. The Bertz CT molecular complexity index is 318. The molecule has 1 aromatic rings. The van der Waals surface area contributed by atoms with Gasteiger partial charge in [-0.1, -0.05) is 0 Å². The van der Waals surface area contributed by atoms with Gasteiger partial charge in [0.1, 0.15) is 0 Å². The zero-order valence-corrected chi connectivity index (χ0v) is 10.8. The molecule has 0 saturated carbocycles. The number of aliphatic hydroxyl groups is 1. The minimum atomic E-state index is -0.566. The summed E-state index contributed by atoms with van der Waals surface area (Å²) in [7, 11) is 3.18. The van der Waals surface area contributed by atoms with Gasteiger partial charge in [-0.25, -0.2) is 4.98 Å². The lowest BCUT2D eigenvalue weighted by Gasteiger charge is -2.13. The number of pyridine rings is 1. The summed E-state index contributed by atoms with van der Waals surface area (Å²) in [5.74, 6) is 0.559. The van der Waals surface area contributed by atoms with Crippen molar-refractivity contribution in [1.29, 1.82) is 0 Å². The zero-order chi connectivity index (χ0) is 13.2. The molecule has 0 saturated heterocycles. The van der Waals surface area contributed by atoms with Crippen molar-refractivity contribution in [3.05, 3.63) is 18.3 Å². The van der Waals surface area contributed by atoms with E-state index in [1.54, 1.807) is 26.5 Å². The van der Waals surface area contributed by atoms with Crippen LogP contribution in [0.15, 0.2) is 18.3 Å². The van der Waals surface area contributed by atoms with E-state index in [0.29, 0.717) is 25.6 Å². The van der Waals surface area contributed by atoms with E-state index in [1.807, 2.05) is 6.07 Å². The first kappa shape index (κ1) is 14.7. The summed E-state index contributed by atoms with van der Waals surface area (Å²) in [6.45, 7) is 1.70. The number of aliphatic hydroxyl groups excluding tert-OH is 1. The van der Waals surface area contributed by atoms with Gasteiger partial charge in [-0.05, 0) is 6.07 Å². The fourth-order valence-electron chi connectivity index (χ4n) is 1.26. The molecule has 6 heteroatoms. The Hall–Kier alpha value is -1.37. The standard InChI is InChI=1S/C12H20N2O4/c1-16-5-6-18-9-11(15)8-13-10-3-4-12(17-2)14-7-10/h3-4,7,11,13,15H,5-6,8-9H2,1-2H3. The summed E-state index contributed by atoms with van der Waals surface area (Å²) in [6.07, 6.45) is 1.08. The van der Waals surface area contributed by atoms with Crippen molar-refractivity contribution in [2.45, 2.75) is 6.10 Å². The van der Waals surface area contributed by atoms with Crippen molar-refractivity contribution >= 4 is 5.69 Å². The van der Waals surface area contributed by atoms with Crippen molar-refractivity contribution in [3.8, 4) is 5.88 Å². The molecule has 0 radical (unpaired) electrons. The van der Waals surface area contributed by atoms with Crippen molar-refractivity contribution in [3.63, 3.8) is 0 Å². The molecule has 1 unspecified atom stereocenters. The van der Waals surface area contributed by atoms with Crippen LogP contribution in [0.5, 0.6) is 5.88 Å². The number of nitrogens with one attached hydrogen (secondary N) is 1. The highest BCUT2D eigenvalue weighted by molar-refractivity contribution is 5.42. The second-order valence-electron chi connectivity index (χ2n) is 3.69. The predicted octanol–water partition coefficient (Wildman–Crippen LogP) is 0.526. The Morgan fingerprint density at radius 3 is 2.78 bits per heavy atom. The van der Waals surface area contributed by atoms with E-state index in [-0.39, 0.29) is 6.61 Å². The van der Waals surface area contributed by atoms with Gasteiger partial charge in [0.25, 0.3) is 0 Å². The first-order valence-electron chi connectivity index (χ1n) is 5.75. The monoisotopic (exact) mass is 256 g/mol. The van der Waals surface area contributed by atoms with Crippen molar-refractivity contribution in [2.75, 3.05) is 45.9 Å². The summed E-state index contributed by atoms with van der Waals surface area (Å²) in [6, 6.07) is 3.59. The third-order valence-electron chi connectivity index (χ3n) is 2.23. The van der Waals surface area contributed by atoms with Gasteiger partial charge in [0.05, 0.1) is 44.9 Å². The molecule has 1 atom stereocenters. The second-order valence-corrected chi connectivity index (χ2v) is 3.69. The predicted molar refractivity (Wildman–Crippen MR) is 68.0 cm³/mol. The van der Waals surface area contributed by atoms with E-state index in [2.05, 4.69) is 10.3 Å². The number of aromatic nitrogens is 1. The van der Waals surface area contributed by atoms with Crippen LogP contribution in [0.25, 0.3) is 0 Å². The maximum atomic E-state index is 9.64. The summed E-state index contributed by atoms with van der Waals surface area (Å²) in [5.41, 5.74) is 0.826. The normalized spacial score (nSPS) is 12.2. The molecule has 0 aliphatic carbocycles. The maximum Gasteiger partial charge on any atom is 0.213 e. The van der Waals surface area contributed by atoms with Crippen molar-refractivity contribution in [2.24, 2.45) is 0 Å². The molecule has 0 bridgehead atoms. The topological polar surface area (TPSA) is 72.8 Å². The number of anilines is 1. The van der Waals surface area contributed by atoms with Crippen LogP contribution >= 0.6 is 0 Å². The molecule has 0 aliphatic heterocycles. The van der Waals surface area contributed by atoms with Gasteiger partial charge < -0.3 is 24.6 Å². The van der Waals surface area contributed by atoms with Crippen LogP contribution in [0.2, 0.25) is 0 Å². The van der Waals surface area contributed by atoms with Crippen LogP contribution in [0, 0.1) is 0 Å². The summed E-state index contributed by atoms with van der Waals surface area (Å²) in [4.78, 5) is 4.05. The third-order valence-corrected chi connectivity index (χ3v) is 2.23. The van der Waals surface area contributed by atoms with Gasteiger partial charge in [0.2, 0.25) is 5.88 Å². The molecule has 0 fully saturated rings. The minimum absolute atomic E-state index is 0.278. The lowest BCUT2D eigenvalue weighted by Crippen LogP contribution is -2.25. The molecule has 6 nitrogen and oxygen atoms in total. The minimum Gasteiger partial charge on any atom is -0.481 e. The highest BCUT2D eigenvalue weighted by Gasteiger charge is 2.04. The second kappa shape index (κ2) is 8.68. The lowest BCUT2D eigenvalue weighted by atomic mass is 10.3. The molecule has 18 heavy (non-hydrogen) atoms. The summed E-state index contributed by atoms with van der Waals surface area (Å²) >= 11 is 0. The van der Waals surface area contributed by atoms with Gasteiger partial charge >= 0.3 is 0 Å². The first-order chi connectivity index (χ1) is 8.76. The largest absolute Gasteiger partial charge is 0.481 e. The molecule has 0 spiro atoms. The van der Waals surface area contributed by atoms with E-state index < -0.39 is 6.10 Å². The smallest absolute Gasteiger partial charge is 0.213 e. The molecular weight excluding hydrogens is 236 g/mol. The van der Waals surface area contributed by atoms with E-state index in [0.717, 1.165) is 5.69 Å². The van der Waals surface area contributed by atoms with Crippen molar-refractivity contribution < 1.29 is 19.3 Å². The molecule has 0 amide bonds. The van der Waals surface area contributed by atoms with Gasteiger partial charge in [0.15, 0.2) is 0 Å². The molecule has 2 N–H and O–H groups in total. The number of rotatable bonds is 9. The first-order valence-corrected chi connectivity index (χ1v) is 5.75. The summed E-state index contributed by atoms with van der Waals surface area (Å²) in [5, 5.41) is 12.7. The van der Waals surface area contributed by atoms with Crippen LogP contribution in [0.1, 0.15) is 0 Å². The van der Waals surface area contributed by atoms with Crippen LogP contribution in [-0.2, 0) is 9.47 Å². The lowest BCUT2D eigenvalue weighted by molar-refractivity contribution is 0.0182. The number of ether oxygens (including phenoxy) is 3. The number of hydrogen-bond donors (Lipinski definition) is 2. The summed E-state index contributed by atoms with van der Waals surface area (Å²) < 4.78 is 15.0. The van der Waals surface area contributed by atoms with Crippen molar-refractivity contribution in [1.82, 2.24) is 4.98 Å². The third kappa shape index (κ3) is 5.81. The van der Waals surface area contributed by atoms with E-state index in [9.17, 15) is 5.11 Å². The molecule has 1 heterocycles. The SMILES string of the molecule is COCCOCC(O)CNc1ccc(OC)nc1. The van der Waals surface area contributed by atoms with Crippen LogP contribution in [0.4, 0.5) is 5.69 Å². The van der Waals surface area contributed by atoms with E-state index >= 15 is 0 Å². The van der Waals surface area contributed by atoms with Gasteiger partial charge in [-0.15, -0.1) is 0 Å². The molecule has 1 aromatic heterocycles. The van der Waals surface area contributed by atoms with Crippen LogP contribution in [-0.4, -0.2) is 56.8 Å². The Kier molecular flexibility index (Phi) is 7.09. The van der Waals surface area contributed by atoms with E-state index in [1.165, 1.54) is 0 Å². The highest BCUT2D eigenvalue weighted by atomic mass is 16.5. The molecule has 0 aromatic carbocycles. The maximum absolute atomic E-state index is 9.64. The van der Waals surface area contributed by atoms with Gasteiger partial charge in [0, 0.05) is 19.7 Å².